The molecule has 192 valence electrons. The average Bonchev–Trinajstić information content (AvgIpc) is 2.81. The molecule has 0 saturated heterocycles. The summed E-state index contributed by atoms with van der Waals surface area (Å²) < 4.78 is 0. The van der Waals surface area contributed by atoms with Crippen LogP contribution in [0.15, 0.2) is 36.4 Å². The van der Waals surface area contributed by atoms with Gasteiger partial charge >= 0.3 is 22.4 Å². The third-order valence-corrected chi connectivity index (χ3v) is 5.67. The normalized spacial score (nSPS) is 10.1. The van der Waals surface area contributed by atoms with Crippen molar-refractivity contribution in [1.82, 2.24) is 4.90 Å². The third kappa shape index (κ3) is 8.96. The van der Waals surface area contributed by atoms with Crippen molar-refractivity contribution in [1.29, 1.82) is 0 Å². The number of hydrogen-bond donors (Lipinski definition) is 0. The zero-order chi connectivity index (χ0) is 26.9. The second kappa shape index (κ2) is 15.7. The Bertz CT molecular complexity index is 990. The molecule has 0 radical (unpaired) electrons. The first kappa shape index (κ1) is 33.7. The molecule has 0 atom stereocenters. The Morgan fingerprint density at radius 1 is 0.472 bits per heavy atom. The van der Waals surface area contributed by atoms with Gasteiger partial charge in [-0.25, -0.2) is 0 Å². The molecule has 0 heterocycles. The fraction of sp³-hybridized carbons (Fsp3) is 0.379. The van der Waals surface area contributed by atoms with E-state index in [0.29, 0.717) is 53.0 Å². The standard InChI is InChI=1S/C27H33NO3.2CH3O.Ta/c1-16-7-19(4)25(29)22(10-16)13-28(14-23-11-17(2)8-20(5)26(23)30)15-24-12-18(3)9-21(6)27(24)31;2*1-2;/h7-12,29-31H,13-15H2,1-6H3;2*1H3;/q;2*-1;+5/p-3. The van der Waals surface area contributed by atoms with Crippen LogP contribution in [0.2, 0.25) is 0 Å². The van der Waals surface area contributed by atoms with Gasteiger partial charge in [0.05, 0.1) is 0 Å². The van der Waals surface area contributed by atoms with Crippen molar-refractivity contribution in [3.05, 3.63) is 86.5 Å². The van der Waals surface area contributed by atoms with E-state index < -0.39 is 0 Å². The summed E-state index contributed by atoms with van der Waals surface area (Å²) >= 11 is 0. The van der Waals surface area contributed by atoms with Crippen molar-refractivity contribution in [2.75, 3.05) is 14.2 Å². The summed E-state index contributed by atoms with van der Waals surface area (Å²) in [5.41, 5.74) is 7.27. The van der Waals surface area contributed by atoms with Gasteiger partial charge in [-0.05, 0) is 58.2 Å². The van der Waals surface area contributed by atoms with Gasteiger partial charge in [0.1, 0.15) is 0 Å². The monoisotopic (exact) mass is 659 g/mol. The Kier molecular flexibility index (Phi) is 14.7. The molecule has 3 aromatic rings. The number of aryl methyl sites for hydroxylation is 6. The van der Waals surface area contributed by atoms with Gasteiger partial charge in [-0.2, -0.15) is 14.2 Å². The Hall–Kier alpha value is -2.32. The minimum absolute atomic E-state index is 0. The molecule has 36 heavy (non-hydrogen) atoms. The molecule has 0 bridgehead atoms. The summed E-state index contributed by atoms with van der Waals surface area (Å²) in [5.74, 6) is 0.0448. The maximum absolute atomic E-state index is 12.8. The molecule has 0 amide bonds. The SMILES string of the molecule is C[O-].C[O-].Cc1cc(C)c([O-])c(CN(Cc2cc(C)cc(C)c2[O-])Cc2cc(C)cc(C)c2[O-])c1.[Ta+5]. The van der Waals surface area contributed by atoms with E-state index in [1.807, 2.05) is 82.8 Å². The predicted molar refractivity (Wildman–Crippen MR) is 131 cm³/mol. The van der Waals surface area contributed by atoms with E-state index in [2.05, 4.69) is 0 Å². The second-order valence-corrected chi connectivity index (χ2v) is 8.86. The molecular formula is C29H36NO5Ta. The van der Waals surface area contributed by atoms with E-state index in [4.69, 9.17) is 10.2 Å². The molecule has 0 aliphatic carbocycles. The van der Waals surface area contributed by atoms with Crippen LogP contribution in [0.3, 0.4) is 0 Å². The molecule has 0 saturated carbocycles. The van der Waals surface area contributed by atoms with Gasteiger partial charge < -0.3 is 25.5 Å². The fourth-order valence-electron chi connectivity index (χ4n) is 4.37. The topological polar surface area (TPSA) is 119 Å². The summed E-state index contributed by atoms with van der Waals surface area (Å²) in [6.07, 6.45) is 0. The van der Waals surface area contributed by atoms with E-state index in [0.717, 1.165) is 30.9 Å². The smallest absolute Gasteiger partial charge is 0.872 e. The molecular weight excluding hydrogens is 623 g/mol. The molecule has 0 aliphatic rings. The van der Waals surface area contributed by atoms with Crippen molar-refractivity contribution in [3.63, 3.8) is 0 Å². The molecule has 0 aromatic heterocycles. The molecule has 3 aromatic carbocycles. The van der Waals surface area contributed by atoms with Crippen LogP contribution in [-0.4, -0.2) is 19.1 Å². The summed E-state index contributed by atoms with van der Waals surface area (Å²) in [6.45, 7) is 12.5. The van der Waals surface area contributed by atoms with Gasteiger partial charge in [0.25, 0.3) is 0 Å². The Balaban J connectivity index is 0.00000233. The van der Waals surface area contributed by atoms with E-state index in [9.17, 15) is 15.3 Å². The van der Waals surface area contributed by atoms with Crippen LogP contribution in [-0.2, 0) is 42.0 Å². The number of nitrogens with zero attached hydrogens (tertiary/aromatic N) is 1. The summed E-state index contributed by atoms with van der Waals surface area (Å²) in [7, 11) is 1.50. The molecule has 6 nitrogen and oxygen atoms in total. The first-order valence-corrected chi connectivity index (χ1v) is 11.4. The van der Waals surface area contributed by atoms with Crippen molar-refractivity contribution in [3.8, 4) is 17.2 Å². The largest absolute Gasteiger partial charge is 5.00 e. The summed E-state index contributed by atoms with van der Waals surface area (Å²) in [6, 6.07) is 11.4. The van der Waals surface area contributed by atoms with Crippen LogP contribution in [0.5, 0.6) is 17.2 Å². The van der Waals surface area contributed by atoms with Crippen LogP contribution in [0.25, 0.3) is 0 Å². The van der Waals surface area contributed by atoms with Gasteiger partial charge in [0.15, 0.2) is 0 Å². The van der Waals surface area contributed by atoms with Gasteiger partial charge in [-0.15, -0.1) is 17.2 Å². The molecule has 0 N–H and O–H groups in total. The van der Waals surface area contributed by atoms with Crippen molar-refractivity contribution in [2.45, 2.75) is 61.2 Å². The zero-order valence-corrected chi connectivity index (χ0v) is 25.7. The maximum atomic E-state index is 12.8. The molecule has 3 rings (SSSR count). The van der Waals surface area contributed by atoms with Gasteiger partial charge in [0, 0.05) is 19.6 Å². The van der Waals surface area contributed by atoms with Gasteiger partial charge in [-0.3, -0.25) is 4.90 Å². The molecule has 0 aliphatic heterocycles. The Morgan fingerprint density at radius 3 is 0.917 bits per heavy atom. The molecule has 0 unspecified atom stereocenters. The van der Waals surface area contributed by atoms with E-state index in [1.54, 1.807) is 0 Å². The van der Waals surface area contributed by atoms with Crippen molar-refractivity contribution < 1.29 is 47.9 Å². The predicted octanol–water partition coefficient (Wildman–Crippen LogP) is 1.91. The summed E-state index contributed by atoms with van der Waals surface area (Å²) in [4.78, 5) is 2.03. The Labute approximate surface area is 231 Å². The van der Waals surface area contributed by atoms with Gasteiger partial charge in [-0.1, -0.05) is 69.8 Å². The number of rotatable bonds is 6. The second-order valence-electron chi connectivity index (χ2n) is 8.86. The van der Waals surface area contributed by atoms with Crippen LogP contribution in [0.1, 0.15) is 50.1 Å². The van der Waals surface area contributed by atoms with Gasteiger partial charge in [0.2, 0.25) is 0 Å². The summed E-state index contributed by atoms with van der Waals surface area (Å²) in [5, 5.41) is 54.8. The Morgan fingerprint density at radius 2 is 0.694 bits per heavy atom. The fourth-order valence-corrected chi connectivity index (χ4v) is 4.37. The molecule has 0 spiro atoms. The first-order chi connectivity index (χ1) is 16.5. The maximum Gasteiger partial charge on any atom is 5.00 e. The quantitative estimate of drug-likeness (QED) is 0.399. The number of benzene rings is 3. The molecule has 0 fully saturated rings. The van der Waals surface area contributed by atoms with Crippen LogP contribution in [0, 0.1) is 41.5 Å². The van der Waals surface area contributed by atoms with E-state index in [-0.39, 0.29) is 39.6 Å². The van der Waals surface area contributed by atoms with E-state index in [1.165, 1.54) is 0 Å². The van der Waals surface area contributed by atoms with Crippen molar-refractivity contribution in [2.24, 2.45) is 0 Å². The van der Waals surface area contributed by atoms with Crippen LogP contribution >= 0.6 is 0 Å². The number of hydrogen-bond acceptors (Lipinski definition) is 6. The van der Waals surface area contributed by atoms with E-state index >= 15 is 0 Å². The van der Waals surface area contributed by atoms with Crippen LogP contribution in [0.4, 0.5) is 0 Å². The van der Waals surface area contributed by atoms with Crippen LogP contribution < -0.4 is 25.5 Å². The molecule has 7 heteroatoms. The zero-order valence-electron chi connectivity index (χ0n) is 22.5. The minimum atomic E-state index is 0. The van der Waals surface area contributed by atoms with Crippen molar-refractivity contribution >= 4 is 0 Å². The third-order valence-electron chi connectivity index (χ3n) is 5.67. The first-order valence-electron chi connectivity index (χ1n) is 11.4. The minimum Gasteiger partial charge on any atom is -0.872 e. The average molecular weight is 660 g/mol.